The lowest BCUT2D eigenvalue weighted by molar-refractivity contribution is 0.0742. The Morgan fingerprint density at radius 2 is 2.21 bits per heavy atom. The van der Waals surface area contributed by atoms with E-state index < -0.39 is 0 Å². The molecule has 1 aliphatic rings. The van der Waals surface area contributed by atoms with Gasteiger partial charge in [-0.3, -0.25) is 4.79 Å². The van der Waals surface area contributed by atoms with Crippen molar-refractivity contribution in [3.8, 4) is 0 Å². The Balaban J connectivity index is 0.00000180. The number of aryl methyl sites for hydroxylation is 1. The molecule has 0 spiro atoms. The molecule has 0 radical (unpaired) electrons. The summed E-state index contributed by atoms with van der Waals surface area (Å²) in [5.74, 6) is 0.0546. The van der Waals surface area contributed by atoms with Crippen LogP contribution < -0.4 is 5.73 Å². The first-order valence-electron chi connectivity index (χ1n) is 6.30. The SMILES string of the molecule is Cc1cc(F)ccc1C(=O)N1CC(CN)CC1C.Cl. The fourth-order valence-corrected chi connectivity index (χ4v) is 2.62. The summed E-state index contributed by atoms with van der Waals surface area (Å²) in [7, 11) is 0. The minimum atomic E-state index is -0.307. The molecule has 1 aromatic carbocycles. The summed E-state index contributed by atoms with van der Waals surface area (Å²) in [5.41, 5.74) is 6.93. The van der Waals surface area contributed by atoms with Crippen LogP contribution in [-0.2, 0) is 0 Å². The van der Waals surface area contributed by atoms with Crippen molar-refractivity contribution >= 4 is 18.3 Å². The molecule has 2 unspecified atom stereocenters. The smallest absolute Gasteiger partial charge is 0.254 e. The second-order valence-corrected chi connectivity index (χ2v) is 5.10. The van der Waals surface area contributed by atoms with Crippen molar-refractivity contribution in [2.45, 2.75) is 26.3 Å². The molecule has 1 aliphatic heterocycles. The molecule has 0 saturated carbocycles. The highest BCUT2D eigenvalue weighted by atomic mass is 35.5. The molecular formula is C14H20ClFN2O. The predicted molar refractivity (Wildman–Crippen MR) is 76.0 cm³/mol. The molecule has 2 rings (SSSR count). The third-order valence-corrected chi connectivity index (χ3v) is 3.67. The number of carbonyl (C=O) groups is 1. The van der Waals surface area contributed by atoms with E-state index in [-0.39, 0.29) is 30.2 Å². The van der Waals surface area contributed by atoms with Gasteiger partial charge in [0.2, 0.25) is 0 Å². The summed E-state index contributed by atoms with van der Waals surface area (Å²) in [6.07, 6.45) is 0.947. The maximum Gasteiger partial charge on any atom is 0.254 e. The average Bonchev–Trinajstić information content (AvgIpc) is 2.70. The van der Waals surface area contributed by atoms with Gasteiger partial charge < -0.3 is 10.6 Å². The minimum Gasteiger partial charge on any atom is -0.336 e. The van der Waals surface area contributed by atoms with E-state index in [1.54, 1.807) is 13.0 Å². The fourth-order valence-electron chi connectivity index (χ4n) is 2.62. The largest absolute Gasteiger partial charge is 0.336 e. The Morgan fingerprint density at radius 1 is 1.53 bits per heavy atom. The zero-order valence-electron chi connectivity index (χ0n) is 11.2. The Kier molecular flexibility index (Phi) is 5.32. The molecule has 1 amide bonds. The molecular weight excluding hydrogens is 267 g/mol. The van der Waals surface area contributed by atoms with Gasteiger partial charge in [-0.15, -0.1) is 12.4 Å². The molecule has 2 atom stereocenters. The van der Waals surface area contributed by atoms with E-state index in [2.05, 4.69) is 0 Å². The van der Waals surface area contributed by atoms with Gasteiger partial charge in [-0.1, -0.05) is 0 Å². The second-order valence-electron chi connectivity index (χ2n) is 5.10. The van der Waals surface area contributed by atoms with E-state index in [4.69, 9.17) is 5.73 Å². The van der Waals surface area contributed by atoms with Crippen LogP contribution in [0.3, 0.4) is 0 Å². The summed E-state index contributed by atoms with van der Waals surface area (Å²) < 4.78 is 13.0. The highest BCUT2D eigenvalue weighted by Crippen LogP contribution is 2.25. The molecule has 0 bridgehead atoms. The topological polar surface area (TPSA) is 46.3 Å². The van der Waals surface area contributed by atoms with Gasteiger partial charge in [-0.2, -0.15) is 0 Å². The van der Waals surface area contributed by atoms with E-state index >= 15 is 0 Å². The zero-order valence-corrected chi connectivity index (χ0v) is 12.0. The lowest BCUT2D eigenvalue weighted by atomic mass is 10.1. The predicted octanol–water partition coefficient (Wildman–Crippen LogP) is 2.37. The molecule has 3 nitrogen and oxygen atoms in total. The maximum absolute atomic E-state index is 13.0. The lowest BCUT2D eigenvalue weighted by Crippen LogP contribution is -2.34. The number of amides is 1. The summed E-state index contributed by atoms with van der Waals surface area (Å²) in [6.45, 7) is 5.10. The van der Waals surface area contributed by atoms with Crippen LogP contribution in [0.1, 0.15) is 29.3 Å². The highest BCUT2D eigenvalue weighted by molar-refractivity contribution is 5.96. The molecule has 0 aromatic heterocycles. The van der Waals surface area contributed by atoms with Crippen LogP contribution in [-0.4, -0.2) is 29.9 Å². The Morgan fingerprint density at radius 3 is 2.74 bits per heavy atom. The van der Waals surface area contributed by atoms with Gasteiger partial charge in [-0.05, 0) is 56.5 Å². The van der Waals surface area contributed by atoms with Crippen LogP contribution in [0.2, 0.25) is 0 Å². The summed E-state index contributed by atoms with van der Waals surface area (Å²) in [6, 6.07) is 4.50. The first-order valence-corrected chi connectivity index (χ1v) is 6.30. The summed E-state index contributed by atoms with van der Waals surface area (Å²) in [4.78, 5) is 14.3. The van der Waals surface area contributed by atoms with Crippen LogP contribution in [0, 0.1) is 18.7 Å². The summed E-state index contributed by atoms with van der Waals surface area (Å²) >= 11 is 0. The molecule has 2 N–H and O–H groups in total. The highest BCUT2D eigenvalue weighted by Gasteiger charge is 2.32. The number of rotatable bonds is 2. The normalized spacial score (nSPS) is 22.2. The van der Waals surface area contributed by atoms with Crippen molar-refractivity contribution in [2.24, 2.45) is 11.7 Å². The van der Waals surface area contributed by atoms with Gasteiger partial charge in [0.15, 0.2) is 0 Å². The first-order chi connectivity index (χ1) is 8.52. The third kappa shape index (κ3) is 3.25. The van der Waals surface area contributed by atoms with Gasteiger partial charge in [0.05, 0.1) is 0 Å². The fraction of sp³-hybridized carbons (Fsp3) is 0.500. The van der Waals surface area contributed by atoms with E-state index in [1.165, 1.54) is 12.1 Å². The number of benzene rings is 1. The van der Waals surface area contributed by atoms with Crippen molar-refractivity contribution in [2.75, 3.05) is 13.1 Å². The van der Waals surface area contributed by atoms with E-state index in [0.29, 0.717) is 30.1 Å². The molecule has 5 heteroatoms. The van der Waals surface area contributed by atoms with E-state index in [1.807, 2.05) is 11.8 Å². The quantitative estimate of drug-likeness (QED) is 0.907. The third-order valence-electron chi connectivity index (χ3n) is 3.67. The van der Waals surface area contributed by atoms with Gasteiger partial charge in [0.25, 0.3) is 5.91 Å². The van der Waals surface area contributed by atoms with E-state index in [9.17, 15) is 9.18 Å². The Hall–Kier alpha value is -1.13. The molecule has 1 fully saturated rings. The van der Waals surface area contributed by atoms with Crippen LogP contribution >= 0.6 is 12.4 Å². The number of carbonyl (C=O) groups excluding carboxylic acids is 1. The van der Waals surface area contributed by atoms with Crippen molar-refractivity contribution in [1.29, 1.82) is 0 Å². The number of hydrogen-bond acceptors (Lipinski definition) is 2. The Bertz CT molecular complexity index is 467. The lowest BCUT2D eigenvalue weighted by Gasteiger charge is -2.22. The minimum absolute atomic E-state index is 0. The average molecular weight is 287 g/mol. The number of nitrogens with zero attached hydrogens (tertiary/aromatic N) is 1. The van der Waals surface area contributed by atoms with Crippen LogP contribution in [0.5, 0.6) is 0 Å². The first kappa shape index (κ1) is 15.9. The Labute approximate surface area is 119 Å². The van der Waals surface area contributed by atoms with Crippen molar-refractivity contribution < 1.29 is 9.18 Å². The van der Waals surface area contributed by atoms with Gasteiger partial charge in [0, 0.05) is 18.2 Å². The molecule has 1 saturated heterocycles. The molecule has 0 aliphatic carbocycles. The summed E-state index contributed by atoms with van der Waals surface area (Å²) in [5, 5.41) is 0. The number of halogens is 2. The number of hydrogen-bond donors (Lipinski definition) is 1. The molecule has 19 heavy (non-hydrogen) atoms. The van der Waals surface area contributed by atoms with Crippen molar-refractivity contribution in [1.82, 2.24) is 4.90 Å². The maximum atomic E-state index is 13.0. The number of nitrogens with two attached hydrogens (primary N) is 1. The molecule has 1 aromatic rings. The van der Waals surface area contributed by atoms with Crippen molar-refractivity contribution in [3.05, 3.63) is 35.1 Å². The monoisotopic (exact) mass is 286 g/mol. The van der Waals surface area contributed by atoms with Crippen LogP contribution in [0.4, 0.5) is 4.39 Å². The second kappa shape index (κ2) is 6.35. The van der Waals surface area contributed by atoms with Gasteiger partial charge in [-0.25, -0.2) is 4.39 Å². The molecule has 1 heterocycles. The van der Waals surface area contributed by atoms with Crippen LogP contribution in [0.15, 0.2) is 18.2 Å². The number of likely N-dealkylation sites (tertiary alicyclic amines) is 1. The zero-order chi connectivity index (χ0) is 13.3. The van der Waals surface area contributed by atoms with E-state index in [0.717, 1.165) is 6.42 Å². The molecule has 106 valence electrons. The van der Waals surface area contributed by atoms with Crippen LogP contribution in [0.25, 0.3) is 0 Å². The van der Waals surface area contributed by atoms with Gasteiger partial charge in [0.1, 0.15) is 5.82 Å². The standard InChI is InChI=1S/C14H19FN2O.ClH/c1-9-5-12(15)3-4-13(9)14(18)17-8-11(7-16)6-10(17)2;/h3-5,10-11H,6-8,16H2,1-2H3;1H. The van der Waals surface area contributed by atoms with Gasteiger partial charge >= 0.3 is 0 Å². The van der Waals surface area contributed by atoms with Crippen molar-refractivity contribution in [3.63, 3.8) is 0 Å².